The summed E-state index contributed by atoms with van der Waals surface area (Å²) in [5.41, 5.74) is 2.58. The van der Waals surface area contributed by atoms with Gasteiger partial charge >= 0.3 is 11.9 Å². The maximum Gasteiger partial charge on any atom is 0.339 e. The summed E-state index contributed by atoms with van der Waals surface area (Å²) in [6, 6.07) is 17.8. The van der Waals surface area contributed by atoms with Crippen molar-refractivity contribution in [2.75, 3.05) is 0 Å². The van der Waals surface area contributed by atoms with Crippen molar-refractivity contribution >= 4 is 23.0 Å². The smallest absolute Gasteiger partial charge is 0.339 e. The number of carbonyl (C=O) groups is 2. The van der Waals surface area contributed by atoms with Crippen molar-refractivity contribution in [2.45, 2.75) is 0 Å². The Morgan fingerprint density at radius 3 is 2.29 bits per heavy atom. The van der Waals surface area contributed by atoms with Crippen LogP contribution >= 0.6 is 0 Å². The molecule has 0 bridgehead atoms. The lowest BCUT2D eigenvalue weighted by Crippen LogP contribution is -2.03. The zero-order valence-corrected chi connectivity index (χ0v) is 15.9. The van der Waals surface area contributed by atoms with Crippen molar-refractivity contribution in [3.8, 4) is 23.3 Å². The molecule has 3 aromatic carbocycles. The van der Waals surface area contributed by atoms with E-state index in [4.69, 9.17) is 9.84 Å². The van der Waals surface area contributed by atoms with E-state index in [-0.39, 0.29) is 16.9 Å². The molecule has 0 atom stereocenters. The number of hydrogen-bond donors (Lipinski definition) is 2. The second-order valence-electron chi connectivity index (χ2n) is 6.44. The average Bonchev–Trinajstić information content (AvgIpc) is 2.78. The molecule has 7 heteroatoms. The number of benzene rings is 3. The summed E-state index contributed by atoms with van der Waals surface area (Å²) >= 11 is 0. The first-order chi connectivity index (χ1) is 15.0. The third kappa shape index (κ3) is 4.49. The number of carboxylic acids is 2. The molecule has 150 valence electrons. The predicted octanol–water partition coefficient (Wildman–Crippen LogP) is 4.22. The zero-order valence-electron chi connectivity index (χ0n) is 15.9. The van der Waals surface area contributed by atoms with Crippen molar-refractivity contribution in [1.82, 2.24) is 9.97 Å². The molecule has 1 aromatic heterocycles. The Kier molecular flexibility index (Phi) is 5.28. The molecule has 7 nitrogen and oxygen atoms in total. The van der Waals surface area contributed by atoms with Gasteiger partial charge in [0.1, 0.15) is 22.8 Å². The van der Waals surface area contributed by atoms with Crippen molar-refractivity contribution in [2.24, 2.45) is 0 Å². The lowest BCUT2D eigenvalue weighted by Gasteiger charge is -2.09. The lowest BCUT2D eigenvalue weighted by molar-refractivity contribution is 0.0678. The van der Waals surface area contributed by atoms with Crippen molar-refractivity contribution < 1.29 is 24.5 Å². The van der Waals surface area contributed by atoms with Gasteiger partial charge in [-0.15, -0.1) is 0 Å². The fourth-order valence-electron chi connectivity index (χ4n) is 2.80. The van der Waals surface area contributed by atoms with Gasteiger partial charge in [0.25, 0.3) is 0 Å². The largest absolute Gasteiger partial charge is 0.478 e. The fourth-order valence-corrected chi connectivity index (χ4v) is 2.80. The number of carboxylic acid groups (broad SMARTS) is 2. The molecule has 0 fully saturated rings. The van der Waals surface area contributed by atoms with Crippen molar-refractivity contribution in [3.63, 3.8) is 0 Å². The first kappa shape index (κ1) is 19.6. The molecule has 0 saturated heterocycles. The quantitative estimate of drug-likeness (QED) is 0.485. The summed E-state index contributed by atoms with van der Waals surface area (Å²) in [7, 11) is 0. The van der Waals surface area contributed by atoms with E-state index in [0.29, 0.717) is 17.0 Å². The van der Waals surface area contributed by atoms with Gasteiger partial charge in [0.15, 0.2) is 0 Å². The standard InChI is InChI=1S/C24H14N2O5/c27-23(28)16-8-12-19(24(29)30)22(13-16)31-18-10-6-15(7-11-18)5-9-17-14-25-20-3-1-2-4-21(20)26-17/h1-4,6-8,10-14H,(H,27,28)(H,29,30). The molecule has 0 aliphatic rings. The van der Waals surface area contributed by atoms with Crippen LogP contribution in [0, 0.1) is 11.8 Å². The molecule has 0 amide bonds. The number of aromatic nitrogens is 2. The highest BCUT2D eigenvalue weighted by Gasteiger charge is 2.15. The monoisotopic (exact) mass is 410 g/mol. The number of ether oxygens (including phenoxy) is 1. The summed E-state index contributed by atoms with van der Waals surface area (Å²) in [6.07, 6.45) is 1.61. The highest BCUT2D eigenvalue weighted by Crippen LogP contribution is 2.27. The van der Waals surface area contributed by atoms with E-state index in [1.54, 1.807) is 30.5 Å². The topological polar surface area (TPSA) is 110 Å². The summed E-state index contributed by atoms with van der Waals surface area (Å²) in [4.78, 5) is 31.3. The fraction of sp³-hybridized carbons (Fsp3) is 0. The summed E-state index contributed by atoms with van der Waals surface area (Å²) < 4.78 is 5.61. The van der Waals surface area contributed by atoms with Crippen LogP contribution in [0.5, 0.6) is 11.5 Å². The van der Waals surface area contributed by atoms with E-state index < -0.39 is 11.9 Å². The van der Waals surface area contributed by atoms with Gasteiger partial charge in [-0.2, -0.15) is 0 Å². The van der Waals surface area contributed by atoms with Gasteiger partial charge in [-0.05, 0) is 60.5 Å². The van der Waals surface area contributed by atoms with Gasteiger partial charge in [-0.3, -0.25) is 4.98 Å². The summed E-state index contributed by atoms with van der Waals surface area (Å²) in [5.74, 6) is 3.85. The number of rotatable bonds is 4. The number of fused-ring (bicyclic) bond motifs is 1. The van der Waals surface area contributed by atoms with Crippen molar-refractivity contribution in [3.05, 3.63) is 95.3 Å². The first-order valence-corrected chi connectivity index (χ1v) is 9.12. The van der Waals surface area contributed by atoms with Crippen LogP contribution in [0.3, 0.4) is 0 Å². The molecule has 31 heavy (non-hydrogen) atoms. The Morgan fingerprint density at radius 2 is 1.58 bits per heavy atom. The van der Waals surface area contributed by atoms with Crippen LogP contribution in [0.15, 0.2) is 72.9 Å². The second kappa shape index (κ2) is 8.35. The molecule has 0 radical (unpaired) electrons. The minimum atomic E-state index is -1.22. The number of nitrogens with zero attached hydrogens (tertiary/aromatic N) is 2. The molecule has 4 aromatic rings. The van der Waals surface area contributed by atoms with E-state index in [1.165, 1.54) is 18.2 Å². The van der Waals surface area contributed by atoms with E-state index in [9.17, 15) is 14.7 Å². The molecule has 2 N–H and O–H groups in total. The summed E-state index contributed by atoms with van der Waals surface area (Å²) in [5, 5.41) is 18.4. The third-order valence-corrected chi connectivity index (χ3v) is 4.32. The molecular formula is C24H14N2O5. The van der Waals surface area contributed by atoms with E-state index in [1.807, 2.05) is 24.3 Å². The van der Waals surface area contributed by atoms with Crippen LogP contribution in [-0.4, -0.2) is 32.1 Å². The Labute approximate surface area is 176 Å². The van der Waals surface area contributed by atoms with Gasteiger partial charge in [0.2, 0.25) is 0 Å². The van der Waals surface area contributed by atoms with Gasteiger partial charge in [0.05, 0.1) is 22.8 Å². The maximum absolute atomic E-state index is 11.4. The second-order valence-corrected chi connectivity index (χ2v) is 6.44. The first-order valence-electron chi connectivity index (χ1n) is 9.12. The van der Waals surface area contributed by atoms with Crippen LogP contribution in [0.4, 0.5) is 0 Å². The number of para-hydroxylation sites is 2. The van der Waals surface area contributed by atoms with Crippen molar-refractivity contribution in [1.29, 1.82) is 0 Å². The van der Waals surface area contributed by atoms with Gasteiger partial charge < -0.3 is 14.9 Å². The maximum atomic E-state index is 11.4. The molecule has 0 aliphatic heterocycles. The van der Waals surface area contributed by atoms with E-state index >= 15 is 0 Å². The SMILES string of the molecule is O=C(O)c1ccc(C(=O)O)c(Oc2ccc(C#Cc3cnc4ccccc4n3)cc2)c1. The lowest BCUT2D eigenvalue weighted by atomic mass is 10.1. The molecule has 0 saturated carbocycles. The molecular weight excluding hydrogens is 396 g/mol. The summed E-state index contributed by atoms with van der Waals surface area (Å²) in [6.45, 7) is 0. The minimum absolute atomic E-state index is 0.0577. The normalized spacial score (nSPS) is 10.2. The number of aromatic carboxylic acids is 2. The average molecular weight is 410 g/mol. The Hall–Kier alpha value is -4.70. The van der Waals surface area contributed by atoms with Crippen LogP contribution in [0.2, 0.25) is 0 Å². The van der Waals surface area contributed by atoms with Gasteiger partial charge in [-0.1, -0.05) is 18.1 Å². The van der Waals surface area contributed by atoms with E-state index in [0.717, 1.165) is 11.0 Å². The molecule has 4 rings (SSSR count). The van der Waals surface area contributed by atoms with Gasteiger partial charge in [-0.25, -0.2) is 14.6 Å². The molecule has 1 heterocycles. The van der Waals surface area contributed by atoms with Gasteiger partial charge in [0, 0.05) is 5.56 Å². The van der Waals surface area contributed by atoms with Crippen LogP contribution in [0.1, 0.15) is 32.0 Å². The molecule has 0 spiro atoms. The molecule has 0 aliphatic carbocycles. The predicted molar refractivity (Wildman–Crippen MR) is 112 cm³/mol. The van der Waals surface area contributed by atoms with Crippen LogP contribution in [-0.2, 0) is 0 Å². The Balaban J connectivity index is 1.55. The Morgan fingerprint density at radius 1 is 0.839 bits per heavy atom. The zero-order chi connectivity index (χ0) is 21.8. The Bertz CT molecular complexity index is 1370. The third-order valence-electron chi connectivity index (χ3n) is 4.32. The number of hydrogen-bond acceptors (Lipinski definition) is 5. The minimum Gasteiger partial charge on any atom is -0.478 e. The highest BCUT2D eigenvalue weighted by molar-refractivity contribution is 5.94. The highest BCUT2D eigenvalue weighted by atomic mass is 16.5. The van der Waals surface area contributed by atoms with E-state index in [2.05, 4.69) is 21.8 Å². The van der Waals surface area contributed by atoms with Crippen LogP contribution in [0.25, 0.3) is 11.0 Å². The molecule has 0 unspecified atom stereocenters. The van der Waals surface area contributed by atoms with Crippen LogP contribution < -0.4 is 4.74 Å².